The van der Waals surface area contributed by atoms with Gasteiger partial charge in [0.25, 0.3) is 0 Å². The van der Waals surface area contributed by atoms with Crippen LogP contribution in [-0.4, -0.2) is 4.98 Å². The number of hydrogen-bond acceptors (Lipinski definition) is 0. The van der Waals surface area contributed by atoms with Crippen molar-refractivity contribution in [3.05, 3.63) is 151 Å². The maximum Gasteiger partial charge on any atom is 0.0544 e. The van der Waals surface area contributed by atoms with Crippen molar-refractivity contribution in [2.75, 3.05) is 0 Å². The molecule has 0 fully saturated rings. The van der Waals surface area contributed by atoms with Crippen LogP contribution in [0.1, 0.15) is 17.5 Å². The molecular formula is C42H29N. The third-order valence-corrected chi connectivity index (χ3v) is 9.28. The number of aromatic amines is 1. The quantitative estimate of drug-likeness (QED) is 0.226. The minimum atomic E-state index is 1.03. The van der Waals surface area contributed by atoms with Crippen molar-refractivity contribution >= 4 is 49.4 Å². The Bertz CT molecular complexity index is 2370. The van der Waals surface area contributed by atoms with Crippen LogP contribution in [-0.2, 0) is 6.42 Å². The van der Waals surface area contributed by atoms with E-state index in [1.165, 1.54) is 87.9 Å². The first-order valence-electron chi connectivity index (χ1n) is 15.2. The summed E-state index contributed by atoms with van der Waals surface area (Å²) >= 11 is 0. The molecule has 1 aliphatic rings. The van der Waals surface area contributed by atoms with Crippen LogP contribution in [0.5, 0.6) is 0 Å². The second kappa shape index (κ2) is 9.58. The van der Waals surface area contributed by atoms with E-state index in [1.807, 2.05) is 0 Å². The van der Waals surface area contributed by atoms with Crippen LogP contribution in [0.25, 0.3) is 82.8 Å². The van der Waals surface area contributed by atoms with E-state index < -0.39 is 0 Å². The molecule has 1 heteroatoms. The summed E-state index contributed by atoms with van der Waals surface area (Å²) in [7, 11) is 0. The standard InChI is InChI=1S/C42H29N/c1-2-11-27(12-3-1)28-21-23-30(24-22-28)39-32-15-6-8-17-34(32)40(35-18-9-7-16-33(35)39)36-19-10-20-38-41(36)37-26-25-29-13-4-5-14-31(29)42(37)43-38/h1-8,10-17,19-26,43H,9,18H2. The molecule has 43 heavy (non-hydrogen) atoms. The van der Waals surface area contributed by atoms with Crippen molar-refractivity contribution in [2.24, 2.45) is 0 Å². The fraction of sp³-hybridized carbons (Fsp3) is 0.0476. The lowest BCUT2D eigenvalue weighted by Crippen LogP contribution is -2.02. The van der Waals surface area contributed by atoms with Gasteiger partial charge in [-0.2, -0.15) is 0 Å². The van der Waals surface area contributed by atoms with Crippen molar-refractivity contribution < 1.29 is 0 Å². The topological polar surface area (TPSA) is 15.8 Å². The Morgan fingerprint density at radius 3 is 2.02 bits per heavy atom. The van der Waals surface area contributed by atoms with Gasteiger partial charge in [0.2, 0.25) is 0 Å². The lowest BCUT2D eigenvalue weighted by atomic mass is 9.79. The Kier molecular flexibility index (Phi) is 5.39. The predicted octanol–water partition coefficient (Wildman–Crippen LogP) is 11.6. The van der Waals surface area contributed by atoms with Gasteiger partial charge in [0, 0.05) is 21.7 Å². The van der Waals surface area contributed by atoms with Crippen LogP contribution < -0.4 is 0 Å². The molecule has 0 spiro atoms. The highest BCUT2D eigenvalue weighted by Crippen LogP contribution is 2.47. The highest BCUT2D eigenvalue weighted by molar-refractivity contribution is 6.23. The fourth-order valence-electron chi connectivity index (χ4n) is 7.37. The number of nitrogens with one attached hydrogen (secondary N) is 1. The average Bonchev–Trinajstić information content (AvgIpc) is 3.47. The van der Waals surface area contributed by atoms with Crippen LogP contribution in [0, 0.1) is 0 Å². The van der Waals surface area contributed by atoms with Crippen LogP contribution in [0.4, 0.5) is 0 Å². The second-order valence-electron chi connectivity index (χ2n) is 11.6. The van der Waals surface area contributed by atoms with Gasteiger partial charge in [-0.05, 0) is 79.6 Å². The maximum atomic E-state index is 3.80. The molecule has 1 heterocycles. The van der Waals surface area contributed by atoms with Gasteiger partial charge < -0.3 is 4.98 Å². The molecule has 1 N–H and O–H groups in total. The number of rotatable bonds is 3. The Morgan fingerprint density at radius 1 is 0.488 bits per heavy atom. The maximum absolute atomic E-state index is 3.80. The van der Waals surface area contributed by atoms with Crippen LogP contribution in [0.3, 0.4) is 0 Å². The normalized spacial score (nSPS) is 12.8. The number of aromatic nitrogens is 1. The van der Waals surface area contributed by atoms with Gasteiger partial charge in [0.15, 0.2) is 0 Å². The SMILES string of the molecule is C1=Cc2c(c(-c3cccc4[nH]c5c6ccccc6ccc5c34)c3ccccc3c2-c2ccc(-c3ccccc3)cc2)CC1. The van der Waals surface area contributed by atoms with E-state index in [4.69, 9.17) is 0 Å². The molecule has 0 unspecified atom stereocenters. The second-order valence-corrected chi connectivity index (χ2v) is 11.6. The van der Waals surface area contributed by atoms with Crippen LogP contribution >= 0.6 is 0 Å². The Morgan fingerprint density at radius 2 is 1.19 bits per heavy atom. The third-order valence-electron chi connectivity index (χ3n) is 9.28. The van der Waals surface area contributed by atoms with Crippen molar-refractivity contribution in [1.82, 2.24) is 4.98 Å². The van der Waals surface area contributed by atoms with E-state index in [-0.39, 0.29) is 0 Å². The monoisotopic (exact) mass is 547 g/mol. The number of H-pyrrole nitrogens is 1. The zero-order valence-electron chi connectivity index (χ0n) is 23.8. The number of hydrogen-bond donors (Lipinski definition) is 1. The minimum Gasteiger partial charge on any atom is -0.354 e. The Hall–Kier alpha value is -5.40. The van der Waals surface area contributed by atoms with Gasteiger partial charge >= 0.3 is 0 Å². The summed E-state index contributed by atoms with van der Waals surface area (Å²) in [5.74, 6) is 0. The lowest BCUT2D eigenvalue weighted by molar-refractivity contribution is 0.992. The molecule has 1 aliphatic carbocycles. The largest absolute Gasteiger partial charge is 0.354 e. The molecule has 0 aliphatic heterocycles. The molecule has 1 aromatic heterocycles. The highest BCUT2D eigenvalue weighted by Gasteiger charge is 2.23. The van der Waals surface area contributed by atoms with Gasteiger partial charge in [-0.3, -0.25) is 0 Å². The highest BCUT2D eigenvalue weighted by atomic mass is 14.7. The minimum absolute atomic E-state index is 1.03. The summed E-state index contributed by atoms with van der Waals surface area (Å²) in [5.41, 5.74) is 13.0. The van der Waals surface area contributed by atoms with E-state index in [0.717, 1.165) is 12.8 Å². The van der Waals surface area contributed by atoms with Crippen molar-refractivity contribution in [3.63, 3.8) is 0 Å². The summed E-state index contributed by atoms with van der Waals surface area (Å²) in [5, 5.41) is 7.75. The molecule has 0 atom stereocenters. The molecule has 7 aromatic carbocycles. The lowest BCUT2D eigenvalue weighted by Gasteiger charge is -2.24. The molecule has 0 amide bonds. The molecule has 8 aromatic rings. The first kappa shape index (κ1) is 24.2. The molecule has 202 valence electrons. The summed E-state index contributed by atoms with van der Waals surface area (Å²) in [6, 6.07) is 48.8. The fourth-order valence-corrected chi connectivity index (χ4v) is 7.37. The third kappa shape index (κ3) is 3.72. The number of allylic oxidation sites excluding steroid dienone is 1. The first-order chi connectivity index (χ1) is 21.3. The molecule has 0 bridgehead atoms. The smallest absolute Gasteiger partial charge is 0.0544 e. The van der Waals surface area contributed by atoms with Gasteiger partial charge in [0.05, 0.1) is 5.52 Å². The average molecular weight is 548 g/mol. The predicted molar refractivity (Wildman–Crippen MR) is 184 cm³/mol. The van der Waals surface area contributed by atoms with Gasteiger partial charge in [-0.15, -0.1) is 0 Å². The van der Waals surface area contributed by atoms with Gasteiger partial charge in [-0.25, -0.2) is 0 Å². The molecule has 0 radical (unpaired) electrons. The van der Waals surface area contributed by atoms with E-state index in [0.29, 0.717) is 0 Å². The Balaban J connectivity index is 1.34. The van der Waals surface area contributed by atoms with E-state index in [1.54, 1.807) is 0 Å². The molecule has 0 saturated carbocycles. The van der Waals surface area contributed by atoms with Crippen LogP contribution in [0.2, 0.25) is 0 Å². The zero-order chi connectivity index (χ0) is 28.3. The molecule has 0 saturated heterocycles. The first-order valence-corrected chi connectivity index (χ1v) is 15.2. The van der Waals surface area contributed by atoms with Crippen molar-refractivity contribution in [2.45, 2.75) is 12.8 Å². The zero-order valence-corrected chi connectivity index (χ0v) is 23.8. The van der Waals surface area contributed by atoms with Crippen LogP contribution in [0.15, 0.2) is 140 Å². The van der Waals surface area contributed by atoms with E-state index in [2.05, 4.69) is 151 Å². The summed E-state index contributed by atoms with van der Waals surface area (Å²) in [6.07, 6.45) is 6.81. The summed E-state index contributed by atoms with van der Waals surface area (Å²) in [6.45, 7) is 0. The Labute approximate surface area is 250 Å². The van der Waals surface area contributed by atoms with Gasteiger partial charge in [0.1, 0.15) is 0 Å². The van der Waals surface area contributed by atoms with E-state index in [9.17, 15) is 0 Å². The molecule has 1 nitrogen and oxygen atoms in total. The number of benzene rings is 7. The van der Waals surface area contributed by atoms with Crippen molar-refractivity contribution in [1.29, 1.82) is 0 Å². The molecule has 9 rings (SSSR count). The summed E-state index contributed by atoms with van der Waals surface area (Å²) < 4.78 is 0. The van der Waals surface area contributed by atoms with E-state index >= 15 is 0 Å². The summed E-state index contributed by atoms with van der Waals surface area (Å²) in [4.78, 5) is 3.80. The number of fused-ring (bicyclic) bond motifs is 7. The molecular weight excluding hydrogens is 518 g/mol. The van der Waals surface area contributed by atoms with Gasteiger partial charge in [-0.1, -0.05) is 140 Å². The van der Waals surface area contributed by atoms with Crippen molar-refractivity contribution in [3.8, 4) is 33.4 Å².